The molecule has 2 fully saturated rings. The minimum Gasteiger partial charge on any atom is -0.375 e. The van der Waals surface area contributed by atoms with Gasteiger partial charge < -0.3 is 9.47 Å². The predicted molar refractivity (Wildman–Crippen MR) is 70.6 cm³/mol. The molecule has 0 spiro atoms. The van der Waals surface area contributed by atoms with Gasteiger partial charge in [0.25, 0.3) is 0 Å². The zero-order valence-electron chi connectivity index (χ0n) is 11.5. The second-order valence-corrected chi connectivity index (χ2v) is 5.81. The van der Waals surface area contributed by atoms with E-state index in [0.717, 1.165) is 25.7 Å². The minimum absolute atomic E-state index is 0.121. The van der Waals surface area contributed by atoms with Gasteiger partial charge in [-0.25, -0.2) is 0 Å². The van der Waals surface area contributed by atoms with Gasteiger partial charge in [0.15, 0.2) is 5.78 Å². The highest BCUT2D eigenvalue weighted by Crippen LogP contribution is 2.28. The molecule has 2 saturated carbocycles. The van der Waals surface area contributed by atoms with Crippen LogP contribution in [0.5, 0.6) is 0 Å². The molecule has 0 N–H and O–H groups in total. The molecule has 0 aliphatic heterocycles. The Kier molecular flexibility index (Phi) is 5.64. The molecule has 2 aliphatic carbocycles. The Bertz CT molecular complexity index is 250. The lowest BCUT2D eigenvalue weighted by Crippen LogP contribution is -2.31. The number of carbonyl (C=O) groups is 1. The highest BCUT2D eigenvalue weighted by molar-refractivity contribution is 5.76. The van der Waals surface area contributed by atoms with E-state index < -0.39 is 0 Å². The van der Waals surface area contributed by atoms with Gasteiger partial charge >= 0.3 is 0 Å². The summed E-state index contributed by atoms with van der Waals surface area (Å²) in [5.41, 5.74) is 0. The van der Waals surface area contributed by atoms with E-state index in [2.05, 4.69) is 0 Å². The van der Waals surface area contributed by atoms with Crippen LogP contribution in [0.3, 0.4) is 0 Å². The molecule has 0 aromatic heterocycles. The lowest BCUT2D eigenvalue weighted by atomic mass is 9.93. The van der Waals surface area contributed by atoms with E-state index in [1.807, 2.05) is 0 Å². The van der Waals surface area contributed by atoms with Crippen molar-refractivity contribution in [1.29, 1.82) is 0 Å². The van der Waals surface area contributed by atoms with E-state index in [4.69, 9.17) is 9.47 Å². The molecule has 0 radical (unpaired) electrons. The van der Waals surface area contributed by atoms with Crippen molar-refractivity contribution < 1.29 is 14.3 Å². The molecule has 18 heavy (non-hydrogen) atoms. The predicted octanol–water partition coefficient (Wildman–Crippen LogP) is 3.25. The standard InChI is InChI=1S/C15H26O3/c1-12(16)11-17-13-7-9-15(10-8-13)18-14-5-3-2-4-6-14/h13-15H,2-11H2,1H3. The molecule has 3 nitrogen and oxygen atoms in total. The van der Waals surface area contributed by atoms with Crippen LogP contribution in [0.2, 0.25) is 0 Å². The van der Waals surface area contributed by atoms with E-state index in [9.17, 15) is 4.79 Å². The molecule has 0 heterocycles. The third-order valence-corrected chi connectivity index (χ3v) is 4.08. The summed E-state index contributed by atoms with van der Waals surface area (Å²) in [6.07, 6.45) is 12.1. The van der Waals surface area contributed by atoms with E-state index >= 15 is 0 Å². The minimum atomic E-state index is 0.121. The van der Waals surface area contributed by atoms with Crippen LogP contribution in [-0.2, 0) is 14.3 Å². The average molecular weight is 254 g/mol. The summed E-state index contributed by atoms with van der Waals surface area (Å²) in [6.45, 7) is 1.86. The van der Waals surface area contributed by atoms with Crippen LogP contribution < -0.4 is 0 Å². The van der Waals surface area contributed by atoms with Crippen molar-refractivity contribution in [1.82, 2.24) is 0 Å². The Hall–Kier alpha value is -0.410. The summed E-state index contributed by atoms with van der Waals surface area (Å²) in [4.78, 5) is 10.9. The number of hydrogen-bond acceptors (Lipinski definition) is 3. The first-order chi connectivity index (χ1) is 8.74. The number of ether oxygens (including phenoxy) is 2. The Labute approximate surface area is 110 Å². The maximum absolute atomic E-state index is 10.9. The molecule has 2 rings (SSSR count). The first-order valence-electron chi connectivity index (χ1n) is 7.50. The fourth-order valence-corrected chi connectivity index (χ4v) is 3.04. The molecule has 0 aromatic rings. The molecule has 0 unspecified atom stereocenters. The number of carbonyl (C=O) groups excluding carboxylic acids is 1. The molecule has 0 atom stereocenters. The Balaban J connectivity index is 1.62. The quantitative estimate of drug-likeness (QED) is 0.755. The summed E-state index contributed by atoms with van der Waals surface area (Å²) in [5, 5.41) is 0. The largest absolute Gasteiger partial charge is 0.375 e. The summed E-state index contributed by atoms with van der Waals surface area (Å²) in [5.74, 6) is 0.121. The van der Waals surface area contributed by atoms with Crippen molar-refractivity contribution >= 4 is 5.78 Å². The SMILES string of the molecule is CC(=O)COC1CCC(OC2CCCCC2)CC1. The zero-order chi connectivity index (χ0) is 12.8. The van der Waals surface area contributed by atoms with Crippen LogP contribution in [0.4, 0.5) is 0 Å². The topological polar surface area (TPSA) is 35.5 Å². The van der Waals surface area contributed by atoms with E-state index in [-0.39, 0.29) is 18.5 Å². The van der Waals surface area contributed by atoms with Crippen molar-refractivity contribution in [2.24, 2.45) is 0 Å². The van der Waals surface area contributed by atoms with Crippen LogP contribution in [-0.4, -0.2) is 30.7 Å². The van der Waals surface area contributed by atoms with Gasteiger partial charge in [-0.1, -0.05) is 19.3 Å². The molecular weight excluding hydrogens is 228 g/mol. The lowest BCUT2D eigenvalue weighted by Gasteiger charge is -2.32. The van der Waals surface area contributed by atoms with Crippen LogP contribution in [0, 0.1) is 0 Å². The number of hydrogen-bond donors (Lipinski definition) is 0. The fraction of sp³-hybridized carbons (Fsp3) is 0.933. The van der Waals surface area contributed by atoms with Gasteiger partial charge in [0.1, 0.15) is 6.61 Å². The number of Topliss-reactive ketones (excluding diaryl/α,β-unsaturated/α-hetero) is 1. The van der Waals surface area contributed by atoms with E-state index in [1.165, 1.54) is 32.1 Å². The first-order valence-corrected chi connectivity index (χ1v) is 7.50. The molecule has 104 valence electrons. The van der Waals surface area contributed by atoms with Crippen LogP contribution in [0.1, 0.15) is 64.7 Å². The zero-order valence-corrected chi connectivity index (χ0v) is 11.5. The van der Waals surface area contributed by atoms with E-state index in [1.54, 1.807) is 6.92 Å². The second-order valence-electron chi connectivity index (χ2n) is 5.81. The third-order valence-electron chi connectivity index (χ3n) is 4.08. The van der Waals surface area contributed by atoms with Gasteiger partial charge in [-0.3, -0.25) is 4.79 Å². The highest BCUT2D eigenvalue weighted by atomic mass is 16.5. The lowest BCUT2D eigenvalue weighted by molar-refractivity contribution is -0.125. The maximum atomic E-state index is 10.9. The highest BCUT2D eigenvalue weighted by Gasteiger charge is 2.25. The van der Waals surface area contributed by atoms with Gasteiger partial charge in [-0.15, -0.1) is 0 Å². The molecule has 2 aliphatic rings. The molecule has 0 bridgehead atoms. The normalized spacial score (nSPS) is 30.3. The maximum Gasteiger partial charge on any atom is 0.155 e. The molecule has 0 aromatic carbocycles. The van der Waals surface area contributed by atoms with Crippen molar-refractivity contribution in [2.45, 2.75) is 83.0 Å². The van der Waals surface area contributed by atoms with Crippen molar-refractivity contribution in [3.63, 3.8) is 0 Å². The van der Waals surface area contributed by atoms with Crippen LogP contribution >= 0.6 is 0 Å². The summed E-state index contributed by atoms with van der Waals surface area (Å²) >= 11 is 0. The van der Waals surface area contributed by atoms with Gasteiger partial charge in [-0.05, 0) is 45.4 Å². The van der Waals surface area contributed by atoms with E-state index in [0.29, 0.717) is 12.2 Å². The molecule has 0 saturated heterocycles. The Morgan fingerprint density at radius 1 is 0.889 bits per heavy atom. The molecular formula is C15H26O3. The fourth-order valence-electron chi connectivity index (χ4n) is 3.04. The van der Waals surface area contributed by atoms with Crippen molar-refractivity contribution in [2.75, 3.05) is 6.61 Å². The monoisotopic (exact) mass is 254 g/mol. The Morgan fingerprint density at radius 3 is 2.06 bits per heavy atom. The third kappa shape index (κ3) is 4.69. The van der Waals surface area contributed by atoms with Gasteiger partial charge in [-0.2, -0.15) is 0 Å². The summed E-state index contributed by atoms with van der Waals surface area (Å²) in [6, 6.07) is 0. The number of rotatable bonds is 5. The van der Waals surface area contributed by atoms with Crippen molar-refractivity contribution in [3.8, 4) is 0 Å². The Morgan fingerprint density at radius 2 is 1.44 bits per heavy atom. The average Bonchev–Trinajstić information content (AvgIpc) is 2.39. The summed E-state index contributed by atoms with van der Waals surface area (Å²) in [7, 11) is 0. The van der Waals surface area contributed by atoms with Gasteiger partial charge in [0.2, 0.25) is 0 Å². The van der Waals surface area contributed by atoms with Gasteiger partial charge in [0.05, 0.1) is 18.3 Å². The molecule has 3 heteroatoms. The van der Waals surface area contributed by atoms with Crippen LogP contribution in [0.25, 0.3) is 0 Å². The number of ketones is 1. The smallest absolute Gasteiger partial charge is 0.155 e. The molecule has 0 amide bonds. The van der Waals surface area contributed by atoms with Crippen LogP contribution in [0.15, 0.2) is 0 Å². The summed E-state index contributed by atoms with van der Waals surface area (Å²) < 4.78 is 11.8. The van der Waals surface area contributed by atoms with Crippen molar-refractivity contribution in [3.05, 3.63) is 0 Å². The first kappa shape index (κ1) is 14.0. The second kappa shape index (κ2) is 7.25. The van der Waals surface area contributed by atoms with Gasteiger partial charge in [0, 0.05) is 0 Å².